The molecule has 0 radical (unpaired) electrons. The van der Waals surface area contributed by atoms with Crippen LogP contribution in [0.15, 0.2) is 42.1 Å². The van der Waals surface area contributed by atoms with Crippen LogP contribution in [0.2, 0.25) is 0 Å². The number of amides is 2. The lowest BCUT2D eigenvalue weighted by molar-refractivity contribution is -0.142. The molecule has 1 atom stereocenters. The summed E-state index contributed by atoms with van der Waals surface area (Å²) in [6.45, 7) is 2.28. The van der Waals surface area contributed by atoms with E-state index in [0.717, 1.165) is 5.56 Å². The normalized spacial score (nSPS) is 19.8. The Kier molecular flexibility index (Phi) is 4.53. The van der Waals surface area contributed by atoms with Crippen LogP contribution in [0.1, 0.15) is 18.9 Å². The third-order valence-corrected chi connectivity index (χ3v) is 3.09. The molecule has 20 heavy (non-hydrogen) atoms. The van der Waals surface area contributed by atoms with E-state index in [-0.39, 0.29) is 24.8 Å². The minimum atomic E-state index is -0.693. The van der Waals surface area contributed by atoms with Crippen LogP contribution >= 0.6 is 0 Å². The average Bonchev–Trinajstić information content (AvgIpc) is 2.67. The van der Waals surface area contributed by atoms with Gasteiger partial charge in [0.2, 0.25) is 5.91 Å². The van der Waals surface area contributed by atoms with Gasteiger partial charge in [-0.15, -0.1) is 0 Å². The van der Waals surface area contributed by atoms with Gasteiger partial charge < -0.3 is 10.5 Å². The van der Waals surface area contributed by atoms with Crippen LogP contribution < -0.4 is 5.73 Å². The van der Waals surface area contributed by atoms with Gasteiger partial charge in [0, 0.05) is 5.70 Å². The molecule has 0 bridgehead atoms. The topological polar surface area (TPSA) is 72.6 Å². The summed E-state index contributed by atoms with van der Waals surface area (Å²) < 4.78 is 5.40. The van der Waals surface area contributed by atoms with Crippen molar-refractivity contribution in [2.75, 3.05) is 6.61 Å². The molecule has 1 aromatic carbocycles. The highest BCUT2D eigenvalue weighted by Crippen LogP contribution is 2.19. The number of carbonyl (C=O) groups excluding carboxylic acids is 2. The number of allylic oxidation sites excluding steroid dienone is 1. The van der Waals surface area contributed by atoms with Gasteiger partial charge in [-0.05, 0) is 18.6 Å². The number of benzene rings is 1. The maximum Gasteiger partial charge on any atom is 0.259 e. The molecule has 5 heteroatoms. The van der Waals surface area contributed by atoms with E-state index < -0.39 is 6.10 Å². The van der Waals surface area contributed by atoms with Crippen molar-refractivity contribution in [3.8, 4) is 0 Å². The zero-order valence-corrected chi connectivity index (χ0v) is 11.4. The van der Waals surface area contributed by atoms with Crippen molar-refractivity contribution >= 4 is 11.8 Å². The summed E-state index contributed by atoms with van der Waals surface area (Å²) in [5.74, 6) is -0.473. The summed E-state index contributed by atoms with van der Waals surface area (Å²) in [4.78, 5) is 25.3. The molecule has 2 rings (SSSR count). The largest absolute Gasteiger partial charge is 0.402 e. The minimum absolute atomic E-state index is 0.100. The molecule has 5 nitrogen and oxygen atoms in total. The smallest absolute Gasteiger partial charge is 0.259 e. The maximum absolute atomic E-state index is 12.1. The maximum atomic E-state index is 12.1. The molecular formula is C15H18N2O3. The Hall–Kier alpha value is -2.14. The molecule has 1 aromatic rings. The standard InChI is InChI=1S/C15H18N2O3/c1-11(16)7-8-20-13-9-14(18)17(15(13)19)10-12-5-3-2-4-6-12/h2-7,13H,8-10,16H2,1H3/b11-7-/t13-/m0/s1. The monoisotopic (exact) mass is 274 g/mol. The van der Waals surface area contributed by atoms with Crippen molar-refractivity contribution in [1.29, 1.82) is 0 Å². The molecule has 2 N–H and O–H groups in total. The predicted octanol–water partition coefficient (Wildman–Crippen LogP) is 1.19. The minimum Gasteiger partial charge on any atom is -0.402 e. The average molecular weight is 274 g/mol. The van der Waals surface area contributed by atoms with E-state index in [1.807, 2.05) is 30.3 Å². The predicted molar refractivity (Wildman–Crippen MR) is 74.3 cm³/mol. The molecular weight excluding hydrogens is 256 g/mol. The Morgan fingerprint density at radius 2 is 2.10 bits per heavy atom. The molecule has 1 heterocycles. The Bertz CT molecular complexity index is 521. The fourth-order valence-electron chi connectivity index (χ4n) is 2.01. The third-order valence-electron chi connectivity index (χ3n) is 3.09. The summed E-state index contributed by atoms with van der Waals surface area (Å²) >= 11 is 0. The second kappa shape index (κ2) is 6.34. The van der Waals surface area contributed by atoms with Crippen LogP contribution in [0.4, 0.5) is 0 Å². The van der Waals surface area contributed by atoms with Gasteiger partial charge in [-0.3, -0.25) is 14.5 Å². The fourth-order valence-corrected chi connectivity index (χ4v) is 2.01. The number of rotatable bonds is 5. The van der Waals surface area contributed by atoms with E-state index in [9.17, 15) is 9.59 Å². The van der Waals surface area contributed by atoms with E-state index in [1.165, 1.54) is 4.90 Å². The third kappa shape index (κ3) is 3.45. The summed E-state index contributed by atoms with van der Waals surface area (Å²) in [5.41, 5.74) is 7.04. The number of nitrogens with two attached hydrogens (primary N) is 1. The lowest BCUT2D eigenvalue weighted by atomic mass is 10.2. The number of nitrogens with zero attached hydrogens (tertiary/aromatic N) is 1. The van der Waals surface area contributed by atoms with E-state index in [2.05, 4.69) is 0 Å². The van der Waals surface area contributed by atoms with Crippen molar-refractivity contribution in [3.63, 3.8) is 0 Å². The molecule has 0 spiro atoms. The van der Waals surface area contributed by atoms with Crippen molar-refractivity contribution in [1.82, 2.24) is 4.90 Å². The molecule has 0 aliphatic carbocycles. The van der Waals surface area contributed by atoms with Crippen molar-refractivity contribution in [2.45, 2.75) is 26.0 Å². The van der Waals surface area contributed by atoms with Crippen LogP contribution in [0.5, 0.6) is 0 Å². The van der Waals surface area contributed by atoms with Crippen molar-refractivity contribution in [2.24, 2.45) is 5.73 Å². The van der Waals surface area contributed by atoms with Crippen LogP contribution in [0.3, 0.4) is 0 Å². The van der Waals surface area contributed by atoms with E-state index in [1.54, 1.807) is 13.0 Å². The summed E-state index contributed by atoms with van der Waals surface area (Å²) in [6.07, 6.45) is 1.09. The van der Waals surface area contributed by atoms with Crippen LogP contribution in [0.25, 0.3) is 0 Å². The number of imide groups is 1. The first-order chi connectivity index (χ1) is 9.58. The molecule has 2 amide bonds. The van der Waals surface area contributed by atoms with Gasteiger partial charge in [0.1, 0.15) is 6.10 Å². The van der Waals surface area contributed by atoms with Gasteiger partial charge in [-0.25, -0.2) is 0 Å². The summed E-state index contributed by atoms with van der Waals surface area (Å²) in [7, 11) is 0. The van der Waals surface area contributed by atoms with Gasteiger partial charge in [0.05, 0.1) is 19.6 Å². The highest BCUT2D eigenvalue weighted by Gasteiger charge is 2.38. The lowest BCUT2D eigenvalue weighted by Gasteiger charge is -2.14. The van der Waals surface area contributed by atoms with Gasteiger partial charge in [0.25, 0.3) is 5.91 Å². The first-order valence-corrected chi connectivity index (χ1v) is 6.50. The molecule has 1 aliphatic rings. The Morgan fingerprint density at radius 3 is 2.75 bits per heavy atom. The molecule has 0 unspecified atom stereocenters. The van der Waals surface area contributed by atoms with Gasteiger partial charge in [0.15, 0.2) is 0 Å². The summed E-state index contributed by atoms with van der Waals surface area (Å²) in [6, 6.07) is 9.42. The SMILES string of the molecule is C/C(N)=C/CO[C@H]1CC(=O)N(Cc2ccccc2)C1=O. The highest BCUT2D eigenvalue weighted by atomic mass is 16.5. The Morgan fingerprint density at radius 1 is 1.40 bits per heavy atom. The molecule has 1 saturated heterocycles. The second-order valence-corrected chi connectivity index (χ2v) is 4.78. The number of hydrogen-bond acceptors (Lipinski definition) is 4. The fraction of sp³-hybridized carbons (Fsp3) is 0.333. The van der Waals surface area contributed by atoms with Crippen molar-refractivity contribution < 1.29 is 14.3 Å². The highest BCUT2D eigenvalue weighted by molar-refractivity contribution is 6.04. The molecule has 0 saturated carbocycles. The van der Waals surface area contributed by atoms with Crippen molar-refractivity contribution in [3.05, 3.63) is 47.7 Å². The van der Waals surface area contributed by atoms with Crippen LogP contribution in [-0.2, 0) is 20.9 Å². The van der Waals surface area contributed by atoms with E-state index >= 15 is 0 Å². The molecule has 1 fully saturated rings. The second-order valence-electron chi connectivity index (χ2n) is 4.78. The lowest BCUT2D eigenvalue weighted by Crippen LogP contribution is -2.32. The zero-order chi connectivity index (χ0) is 14.5. The first kappa shape index (κ1) is 14.3. The molecule has 0 aromatic heterocycles. The van der Waals surface area contributed by atoms with Crippen LogP contribution in [0, 0.1) is 0 Å². The Labute approximate surface area is 118 Å². The number of likely N-dealkylation sites (tertiary alicyclic amines) is 1. The molecule has 106 valence electrons. The molecule has 1 aliphatic heterocycles. The zero-order valence-electron chi connectivity index (χ0n) is 11.4. The quantitative estimate of drug-likeness (QED) is 0.819. The number of ether oxygens (including phenoxy) is 1. The summed E-state index contributed by atoms with van der Waals surface area (Å²) in [5, 5.41) is 0. The van der Waals surface area contributed by atoms with Gasteiger partial charge in [-0.1, -0.05) is 30.3 Å². The van der Waals surface area contributed by atoms with E-state index in [4.69, 9.17) is 10.5 Å². The van der Waals surface area contributed by atoms with Gasteiger partial charge >= 0.3 is 0 Å². The Balaban J connectivity index is 1.97. The van der Waals surface area contributed by atoms with Crippen LogP contribution in [-0.4, -0.2) is 29.4 Å². The number of carbonyl (C=O) groups is 2. The first-order valence-electron chi connectivity index (χ1n) is 6.50. The van der Waals surface area contributed by atoms with Gasteiger partial charge in [-0.2, -0.15) is 0 Å². The van der Waals surface area contributed by atoms with E-state index in [0.29, 0.717) is 12.2 Å². The number of hydrogen-bond donors (Lipinski definition) is 1.